The molecule has 2 heterocycles. The fourth-order valence-electron chi connectivity index (χ4n) is 4.71. The number of hydrogen-bond acceptors (Lipinski definition) is 15. The van der Waals surface area contributed by atoms with E-state index in [1.807, 2.05) is 6.92 Å². The molecular formula is C28H53NO15. The number of carbonyl (C=O) groups excluding carboxylic acids is 1. The number of aliphatic hydroxyl groups excluding tert-OH is 6. The first-order valence-electron chi connectivity index (χ1n) is 15.1. The van der Waals surface area contributed by atoms with Crippen LogP contribution in [0.1, 0.15) is 27.2 Å². The van der Waals surface area contributed by atoms with Crippen molar-refractivity contribution in [3.8, 4) is 0 Å². The minimum Gasteiger partial charge on any atom is -0.394 e. The van der Waals surface area contributed by atoms with Crippen molar-refractivity contribution in [2.24, 2.45) is 11.8 Å². The average molecular weight is 644 g/mol. The van der Waals surface area contributed by atoms with E-state index >= 15 is 0 Å². The van der Waals surface area contributed by atoms with Gasteiger partial charge in [0.1, 0.15) is 24.4 Å². The van der Waals surface area contributed by atoms with Gasteiger partial charge in [-0.1, -0.05) is 13.8 Å². The van der Waals surface area contributed by atoms with Crippen molar-refractivity contribution in [3.05, 3.63) is 0 Å². The lowest BCUT2D eigenvalue weighted by Gasteiger charge is -2.40. The summed E-state index contributed by atoms with van der Waals surface area (Å²) in [6.07, 6.45) is -8.39. The van der Waals surface area contributed by atoms with Crippen LogP contribution < -0.4 is 5.32 Å². The topological polar surface area (TPSA) is 224 Å². The smallest absolute Gasteiger partial charge is 0.217 e. The van der Waals surface area contributed by atoms with Crippen LogP contribution in [0.15, 0.2) is 0 Å². The first-order chi connectivity index (χ1) is 21.1. The lowest BCUT2D eigenvalue weighted by atomic mass is 9.92. The van der Waals surface area contributed by atoms with E-state index in [1.54, 1.807) is 6.92 Å². The molecule has 11 atom stereocenters. The van der Waals surface area contributed by atoms with Gasteiger partial charge in [0.2, 0.25) is 5.91 Å². The first-order valence-corrected chi connectivity index (χ1v) is 15.1. The number of hydrogen-bond donors (Lipinski definition) is 7. The molecule has 0 aliphatic carbocycles. The highest BCUT2D eigenvalue weighted by Gasteiger charge is 2.42. The third kappa shape index (κ3) is 13.7. The van der Waals surface area contributed by atoms with E-state index in [1.165, 1.54) is 6.92 Å². The van der Waals surface area contributed by atoms with Crippen LogP contribution in [0.25, 0.3) is 0 Å². The van der Waals surface area contributed by atoms with Gasteiger partial charge in [0.25, 0.3) is 0 Å². The highest BCUT2D eigenvalue weighted by Crippen LogP contribution is 2.26. The molecule has 2 saturated heterocycles. The zero-order valence-corrected chi connectivity index (χ0v) is 25.9. The van der Waals surface area contributed by atoms with Gasteiger partial charge in [0.05, 0.1) is 97.5 Å². The fourth-order valence-corrected chi connectivity index (χ4v) is 4.71. The number of ether oxygens (including phenoxy) is 8. The Labute approximate surface area is 258 Å². The monoisotopic (exact) mass is 643 g/mol. The standard InChI is InChI=1S/C28H53NO15/c1-17(15-39-6-4-37-8-10-41-27-18(2)24(34)26(36)23(14-31)43-27)16-40-7-5-38-9-11-42-28-20(29-19(3)32)12-21(33)25(35)22(13-30)44-28/h17-18,20-28,30-31,33-36H,4-16H2,1-3H3,(H,29,32)/t17?,18?,20?,21?,22?,23?,24?,25-,26+,27-,28-/m1/s1. The second-order valence-corrected chi connectivity index (χ2v) is 11.1. The first kappa shape index (κ1) is 39.1. The van der Waals surface area contributed by atoms with Crippen LogP contribution in [0.3, 0.4) is 0 Å². The van der Waals surface area contributed by atoms with Crippen molar-refractivity contribution in [2.75, 3.05) is 79.3 Å². The van der Waals surface area contributed by atoms with E-state index in [9.17, 15) is 35.4 Å². The van der Waals surface area contributed by atoms with E-state index in [0.29, 0.717) is 46.2 Å². The Morgan fingerprint density at radius 2 is 1.23 bits per heavy atom. The van der Waals surface area contributed by atoms with Gasteiger partial charge in [-0.25, -0.2) is 0 Å². The van der Waals surface area contributed by atoms with E-state index in [-0.39, 0.29) is 38.1 Å². The maximum absolute atomic E-state index is 11.5. The highest BCUT2D eigenvalue weighted by atomic mass is 16.7. The minimum absolute atomic E-state index is 0.00262. The summed E-state index contributed by atoms with van der Waals surface area (Å²) in [5.41, 5.74) is 0. The molecule has 7 N–H and O–H groups in total. The molecule has 44 heavy (non-hydrogen) atoms. The molecule has 2 aliphatic rings. The van der Waals surface area contributed by atoms with E-state index < -0.39 is 74.4 Å². The van der Waals surface area contributed by atoms with Gasteiger partial charge in [-0.05, 0) is 0 Å². The number of carbonyl (C=O) groups is 1. The molecule has 2 rings (SSSR count). The third-order valence-electron chi connectivity index (χ3n) is 7.23. The SMILES string of the molecule is CC(=O)NC1CC(O)[C@@H](O)C(CO)O[C@H]1OCCOCCOCC(C)COCCOCCO[C@@H]1OC(CO)[C@H](O)C(O)C1C. The Morgan fingerprint density at radius 3 is 1.77 bits per heavy atom. The van der Waals surface area contributed by atoms with E-state index in [2.05, 4.69) is 5.32 Å². The molecule has 0 radical (unpaired) electrons. The molecule has 0 aromatic heterocycles. The van der Waals surface area contributed by atoms with Crippen LogP contribution >= 0.6 is 0 Å². The largest absolute Gasteiger partial charge is 0.394 e. The normalized spacial score (nSPS) is 33.6. The Morgan fingerprint density at radius 1 is 0.750 bits per heavy atom. The summed E-state index contributed by atoms with van der Waals surface area (Å²) in [6, 6.07) is -0.708. The molecule has 16 heteroatoms. The summed E-state index contributed by atoms with van der Waals surface area (Å²) in [4.78, 5) is 11.5. The van der Waals surface area contributed by atoms with Crippen LogP contribution in [0, 0.1) is 11.8 Å². The van der Waals surface area contributed by atoms with Gasteiger partial charge in [-0.2, -0.15) is 0 Å². The third-order valence-corrected chi connectivity index (χ3v) is 7.23. The molecule has 7 unspecified atom stereocenters. The van der Waals surface area contributed by atoms with Crippen molar-refractivity contribution >= 4 is 5.91 Å². The maximum atomic E-state index is 11.5. The van der Waals surface area contributed by atoms with Crippen molar-refractivity contribution in [1.29, 1.82) is 0 Å². The van der Waals surface area contributed by atoms with Crippen molar-refractivity contribution in [1.82, 2.24) is 5.32 Å². The van der Waals surface area contributed by atoms with Crippen LogP contribution in [0.5, 0.6) is 0 Å². The molecule has 2 fully saturated rings. The Hall–Kier alpha value is -1.09. The molecule has 0 aromatic carbocycles. The lowest BCUT2D eigenvalue weighted by molar-refractivity contribution is -0.284. The van der Waals surface area contributed by atoms with Crippen LogP contribution in [0.4, 0.5) is 0 Å². The summed E-state index contributed by atoms with van der Waals surface area (Å²) in [5.74, 6) is -0.648. The highest BCUT2D eigenvalue weighted by molar-refractivity contribution is 5.73. The van der Waals surface area contributed by atoms with Crippen molar-refractivity contribution < 1.29 is 73.3 Å². The molecule has 0 aromatic rings. The maximum Gasteiger partial charge on any atom is 0.217 e. The number of rotatable bonds is 21. The summed E-state index contributed by atoms with van der Waals surface area (Å²) >= 11 is 0. The van der Waals surface area contributed by atoms with Crippen LogP contribution in [0.2, 0.25) is 0 Å². The minimum atomic E-state index is -1.31. The van der Waals surface area contributed by atoms with Gasteiger partial charge in [0, 0.05) is 25.2 Å². The van der Waals surface area contributed by atoms with Gasteiger partial charge in [-0.3, -0.25) is 4.79 Å². The van der Waals surface area contributed by atoms with Crippen LogP contribution in [-0.4, -0.2) is 171 Å². The second kappa shape index (κ2) is 21.7. The van der Waals surface area contributed by atoms with E-state index in [4.69, 9.17) is 37.9 Å². The zero-order chi connectivity index (χ0) is 32.5. The molecule has 260 valence electrons. The molecule has 0 bridgehead atoms. The van der Waals surface area contributed by atoms with Crippen LogP contribution in [-0.2, 0) is 42.7 Å². The fraction of sp³-hybridized carbons (Fsp3) is 0.964. The molecule has 0 saturated carbocycles. The quantitative estimate of drug-likeness (QED) is 0.0625. The number of nitrogens with one attached hydrogen (secondary N) is 1. The van der Waals surface area contributed by atoms with Gasteiger partial charge < -0.3 is 73.9 Å². The van der Waals surface area contributed by atoms with E-state index in [0.717, 1.165) is 0 Å². The Kier molecular flexibility index (Phi) is 19.2. The predicted molar refractivity (Wildman–Crippen MR) is 151 cm³/mol. The zero-order valence-electron chi connectivity index (χ0n) is 25.9. The number of aliphatic hydroxyl groups is 6. The van der Waals surface area contributed by atoms with Crippen molar-refractivity contribution in [2.45, 2.75) is 82.4 Å². The van der Waals surface area contributed by atoms with Gasteiger partial charge in [0.15, 0.2) is 12.6 Å². The van der Waals surface area contributed by atoms with Crippen molar-refractivity contribution in [3.63, 3.8) is 0 Å². The summed E-state index contributed by atoms with van der Waals surface area (Å²) in [5, 5.41) is 61.6. The summed E-state index contributed by atoms with van der Waals surface area (Å²) < 4.78 is 44.6. The molecular weight excluding hydrogens is 590 g/mol. The average Bonchev–Trinajstić information content (AvgIpc) is 3.10. The predicted octanol–water partition coefficient (Wildman–Crippen LogP) is -2.87. The molecule has 0 spiro atoms. The second-order valence-electron chi connectivity index (χ2n) is 11.1. The van der Waals surface area contributed by atoms with Gasteiger partial charge >= 0.3 is 0 Å². The van der Waals surface area contributed by atoms with Gasteiger partial charge in [-0.15, -0.1) is 0 Å². The Balaban J connectivity index is 1.46. The molecule has 16 nitrogen and oxygen atoms in total. The lowest BCUT2D eigenvalue weighted by Crippen LogP contribution is -2.55. The Bertz CT molecular complexity index is 765. The molecule has 1 amide bonds. The molecule has 2 aliphatic heterocycles. The summed E-state index contributed by atoms with van der Waals surface area (Å²) in [6.45, 7) is 7.35. The number of amides is 1. The summed E-state index contributed by atoms with van der Waals surface area (Å²) in [7, 11) is 0.